The predicted molar refractivity (Wildman–Crippen MR) is 170 cm³/mol. The molecule has 0 unspecified atom stereocenters. The van der Waals surface area contributed by atoms with E-state index in [0.717, 1.165) is 38.9 Å². The van der Waals surface area contributed by atoms with Crippen LogP contribution < -0.4 is 4.90 Å². The zero-order valence-electron chi connectivity index (χ0n) is 23.1. The summed E-state index contributed by atoms with van der Waals surface area (Å²) in [5.41, 5.74) is 6.27. The van der Waals surface area contributed by atoms with Crippen LogP contribution in [0.5, 0.6) is 0 Å². The number of hydrogen-bond acceptors (Lipinski definition) is 5. The third kappa shape index (κ3) is 3.55. The maximum Gasteiger partial charge on any atom is 0.116 e. The van der Waals surface area contributed by atoms with Crippen molar-refractivity contribution >= 4 is 71.2 Å². The van der Waals surface area contributed by atoms with E-state index in [0.29, 0.717) is 0 Å². The van der Waals surface area contributed by atoms with Crippen molar-refractivity contribution in [3.05, 3.63) is 116 Å². The molecule has 0 aliphatic carbocycles. The van der Waals surface area contributed by atoms with Crippen LogP contribution in [0.2, 0.25) is 0 Å². The van der Waals surface area contributed by atoms with Crippen molar-refractivity contribution in [2.45, 2.75) is 26.2 Å². The Labute approximate surface area is 237 Å². The van der Waals surface area contributed by atoms with Gasteiger partial charge in [-0.15, -0.1) is 0 Å². The zero-order chi connectivity index (χ0) is 27.7. The van der Waals surface area contributed by atoms with Gasteiger partial charge in [-0.2, -0.15) is 0 Å². The molecule has 8 rings (SSSR count). The lowest BCUT2D eigenvalue weighted by Gasteiger charge is -2.29. The third-order valence-electron chi connectivity index (χ3n) is 8.23. The quantitative estimate of drug-likeness (QED) is 0.214. The fraction of sp³-hybridized carbons (Fsp3) is 0.111. The summed E-state index contributed by atoms with van der Waals surface area (Å²) in [6, 6.07) is 30.6. The van der Waals surface area contributed by atoms with Gasteiger partial charge in [0.25, 0.3) is 0 Å². The normalized spacial score (nSPS) is 12.3. The van der Waals surface area contributed by atoms with Gasteiger partial charge in [0.15, 0.2) is 0 Å². The molecule has 0 fully saturated rings. The summed E-state index contributed by atoms with van der Waals surface area (Å²) < 4.78 is 0. The van der Waals surface area contributed by atoms with Crippen molar-refractivity contribution in [3.8, 4) is 0 Å². The molecule has 6 aromatic carbocycles. The number of fused-ring (bicyclic) bond motifs is 2. The van der Waals surface area contributed by atoms with Gasteiger partial charge in [0.2, 0.25) is 0 Å². The van der Waals surface area contributed by atoms with Gasteiger partial charge in [-0.3, -0.25) is 0 Å². The molecule has 5 nitrogen and oxygen atoms in total. The first-order chi connectivity index (χ1) is 20.0. The standard InChI is InChI=1S/C36H27N5/c1-36(2,3)28-16-12-22-11-15-25-33(17-13-23-10-14-24(28)34(22)35(23)25)41(31-8-4-6-29-26(31)18-37-20-39-29)32-9-5-7-30-27(32)19-38-21-40-30/h4-21H,1-3H3. The summed E-state index contributed by atoms with van der Waals surface area (Å²) in [6.45, 7) is 6.87. The molecule has 0 aliphatic heterocycles. The first kappa shape index (κ1) is 23.7. The van der Waals surface area contributed by atoms with Crippen LogP contribution in [0.25, 0.3) is 54.1 Å². The molecule has 0 aliphatic rings. The lowest BCUT2D eigenvalue weighted by molar-refractivity contribution is 0.596. The van der Waals surface area contributed by atoms with Gasteiger partial charge in [-0.25, -0.2) is 19.9 Å². The highest BCUT2D eigenvalue weighted by molar-refractivity contribution is 6.26. The highest BCUT2D eigenvalue weighted by atomic mass is 15.2. The summed E-state index contributed by atoms with van der Waals surface area (Å²) in [7, 11) is 0. The second kappa shape index (κ2) is 8.67. The molecule has 0 amide bonds. The minimum Gasteiger partial charge on any atom is -0.308 e. The average molecular weight is 530 g/mol. The van der Waals surface area contributed by atoms with Crippen LogP contribution in [-0.2, 0) is 5.41 Å². The molecular weight excluding hydrogens is 502 g/mol. The van der Waals surface area contributed by atoms with Crippen LogP contribution in [0.4, 0.5) is 17.1 Å². The fourth-order valence-corrected chi connectivity index (χ4v) is 6.39. The van der Waals surface area contributed by atoms with E-state index in [1.165, 1.54) is 37.9 Å². The molecule has 0 radical (unpaired) electrons. The van der Waals surface area contributed by atoms with Gasteiger partial charge in [0, 0.05) is 28.6 Å². The summed E-state index contributed by atoms with van der Waals surface area (Å²) >= 11 is 0. The van der Waals surface area contributed by atoms with E-state index >= 15 is 0 Å². The first-order valence-corrected chi connectivity index (χ1v) is 13.9. The monoisotopic (exact) mass is 529 g/mol. The second-order valence-corrected chi connectivity index (χ2v) is 11.7. The molecule has 196 valence electrons. The number of hydrogen-bond donors (Lipinski definition) is 0. The highest BCUT2D eigenvalue weighted by Gasteiger charge is 2.24. The predicted octanol–water partition coefficient (Wildman–Crippen LogP) is 9.24. The maximum atomic E-state index is 4.57. The van der Waals surface area contributed by atoms with Crippen LogP contribution in [0.15, 0.2) is 110 Å². The van der Waals surface area contributed by atoms with Crippen LogP contribution in [0.1, 0.15) is 26.3 Å². The molecular formula is C36H27N5. The van der Waals surface area contributed by atoms with Gasteiger partial charge in [-0.1, -0.05) is 75.4 Å². The molecule has 0 saturated heterocycles. The Hall–Kier alpha value is -5.16. The van der Waals surface area contributed by atoms with Gasteiger partial charge >= 0.3 is 0 Å². The first-order valence-electron chi connectivity index (χ1n) is 13.9. The van der Waals surface area contributed by atoms with Crippen LogP contribution >= 0.6 is 0 Å². The van der Waals surface area contributed by atoms with Gasteiger partial charge in [0.1, 0.15) is 12.7 Å². The Morgan fingerprint density at radius 1 is 0.512 bits per heavy atom. The van der Waals surface area contributed by atoms with Gasteiger partial charge < -0.3 is 4.90 Å². The summed E-state index contributed by atoms with van der Waals surface area (Å²) in [5, 5.41) is 9.54. The van der Waals surface area contributed by atoms with Crippen LogP contribution in [0, 0.1) is 0 Å². The molecule has 0 atom stereocenters. The fourth-order valence-electron chi connectivity index (χ4n) is 6.39. The van der Waals surface area contributed by atoms with Gasteiger partial charge in [0.05, 0.1) is 28.1 Å². The Morgan fingerprint density at radius 3 is 1.63 bits per heavy atom. The summed E-state index contributed by atoms with van der Waals surface area (Å²) in [6.07, 6.45) is 7.01. The minimum absolute atomic E-state index is 0.0308. The molecule has 8 aromatic rings. The zero-order valence-corrected chi connectivity index (χ0v) is 23.1. The van der Waals surface area contributed by atoms with Crippen molar-refractivity contribution in [1.29, 1.82) is 0 Å². The highest BCUT2D eigenvalue weighted by Crippen LogP contribution is 2.47. The molecule has 0 saturated carbocycles. The Morgan fingerprint density at radius 2 is 1.02 bits per heavy atom. The van der Waals surface area contributed by atoms with E-state index in [2.05, 4.69) is 118 Å². The van der Waals surface area contributed by atoms with Crippen molar-refractivity contribution in [2.75, 3.05) is 4.90 Å². The number of nitrogens with zero attached hydrogens (tertiary/aromatic N) is 5. The lowest BCUT2D eigenvalue weighted by Crippen LogP contribution is -2.13. The van der Waals surface area contributed by atoms with Crippen LogP contribution in [-0.4, -0.2) is 19.9 Å². The van der Waals surface area contributed by atoms with Crippen molar-refractivity contribution in [2.24, 2.45) is 0 Å². The molecule has 2 aromatic heterocycles. The molecule has 5 heteroatoms. The van der Waals surface area contributed by atoms with E-state index in [-0.39, 0.29) is 5.41 Å². The van der Waals surface area contributed by atoms with E-state index in [1.807, 2.05) is 24.5 Å². The summed E-state index contributed by atoms with van der Waals surface area (Å²) in [4.78, 5) is 20.3. The topological polar surface area (TPSA) is 54.8 Å². The Bertz CT molecular complexity index is 2170. The lowest BCUT2D eigenvalue weighted by atomic mass is 9.81. The van der Waals surface area contributed by atoms with Gasteiger partial charge in [-0.05, 0) is 68.2 Å². The Balaban J connectivity index is 1.52. The average Bonchev–Trinajstić information content (AvgIpc) is 3.00. The van der Waals surface area contributed by atoms with E-state index in [1.54, 1.807) is 12.7 Å². The SMILES string of the molecule is CC(C)(C)c1ccc2ccc3c(N(c4cccc5ncncc45)c4cccc5ncncc45)ccc4ccc1c2c43. The second-order valence-electron chi connectivity index (χ2n) is 11.7. The smallest absolute Gasteiger partial charge is 0.116 e. The molecule has 0 spiro atoms. The Kier molecular flexibility index (Phi) is 5.01. The van der Waals surface area contributed by atoms with Crippen molar-refractivity contribution in [1.82, 2.24) is 19.9 Å². The van der Waals surface area contributed by atoms with E-state index in [4.69, 9.17) is 0 Å². The number of aromatic nitrogens is 4. The third-order valence-corrected chi connectivity index (χ3v) is 8.23. The maximum absolute atomic E-state index is 4.57. The van der Waals surface area contributed by atoms with Crippen molar-refractivity contribution < 1.29 is 0 Å². The van der Waals surface area contributed by atoms with E-state index in [9.17, 15) is 0 Å². The van der Waals surface area contributed by atoms with Crippen molar-refractivity contribution in [3.63, 3.8) is 0 Å². The molecule has 0 N–H and O–H groups in total. The molecule has 41 heavy (non-hydrogen) atoms. The van der Waals surface area contributed by atoms with Crippen LogP contribution in [0.3, 0.4) is 0 Å². The molecule has 2 heterocycles. The largest absolute Gasteiger partial charge is 0.308 e. The van der Waals surface area contributed by atoms with E-state index < -0.39 is 0 Å². The summed E-state index contributed by atoms with van der Waals surface area (Å²) in [5.74, 6) is 0. The number of anilines is 3. The molecule has 0 bridgehead atoms. The number of benzene rings is 6. The minimum atomic E-state index is 0.0308. The number of rotatable bonds is 3.